The Morgan fingerprint density at radius 3 is 2.29 bits per heavy atom. The van der Waals surface area contributed by atoms with E-state index in [1.54, 1.807) is 13.8 Å². The molecule has 100 valence electrons. The molecule has 8 heteroatoms. The summed E-state index contributed by atoms with van der Waals surface area (Å²) >= 11 is 0. The second-order valence-corrected chi connectivity index (χ2v) is 3.75. The normalized spacial score (nSPS) is 11.8. The van der Waals surface area contributed by atoms with Gasteiger partial charge in [-0.2, -0.15) is 8.78 Å². The summed E-state index contributed by atoms with van der Waals surface area (Å²) in [4.78, 5) is 22.6. The summed E-state index contributed by atoms with van der Waals surface area (Å²) in [6, 6.07) is -3.96. The third-order valence-corrected chi connectivity index (χ3v) is 1.97. The largest absolute Gasteiger partial charge is 0.385 e. The molecule has 6 nitrogen and oxygen atoms in total. The van der Waals surface area contributed by atoms with Crippen molar-refractivity contribution in [2.45, 2.75) is 32.9 Å². The third-order valence-electron chi connectivity index (χ3n) is 1.97. The van der Waals surface area contributed by atoms with Crippen LogP contribution in [-0.4, -0.2) is 41.9 Å². The zero-order valence-corrected chi connectivity index (χ0v) is 10.1. The van der Waals surface area contributed by atoms with Gasteiger partial charge in [0, 0.05) is 12.6 Å². The number of hydrogen-bond acceptors (Lipinski definition) is 4. The van der Waals surface area contributed by atoms with Crippen LogP contribution in [0.4, 0.5) is 8.78 Å². The van der Waals surface area contributed by atoms with Crippen LogP contribution in [0, 0.1) is 0 Å². The fraction of sp³-hybridized carbons (Fsp3) is 0.778. The van der Waals surface area contributed by atoms with Crippen LogP contribution in [-0.2, 0) is 9.59 Å². The van der Waals surface area contributed by atoms with Gasteiger partial charge in [0.15, 0.2) is 0 Å². The Bertz CT molecular complexity index is 284. The summed E-state index contributed by atoms with van der Waals surface area (Å²) in [5, 5.41) is 2.46. The summed E-state index contributed by atoms with van der Waals surface area (Å²) in [5.41, 5.74) is 1.37. The Morgan fingerprint density at radius 1 is 1.41 bits per heavy atom. The number of alkyl halides is 2. The number of amides is 2. The Balaban J connectivity index is 4.62. The number of nitrogens with two attached hydrogens (primary N) is 1. The number of likely N-dealkylation sites (N-methyl/N-ethyl adjacent to an activating group) is 1. The van der Waals surface area contributed by atoms with E-state index in [2.05, 4.69) is 11.2 Å². The van der Waals surface area contributed by atoms with Crippen LogP contribution >= 0.6 is 0 Å². The summed E-state index contributed by atoms with van der Waals surface area (Å²) in [7, 11) is 0. The SMILES string of the molecule is CCN(CC(=O)NC(C)C)C(F)(F)C(=O)NN. The summed E-state index contributed by atoms with van der Waals surface area (Å²) < 4.78 is 26.9. The third kappa shape index (κ3) is 4.61. The molecule has 0 unspecified atom stereocenters. The quantitative estimate of drug-likeness (QED) is 0.255. The van der Waals surface area contributed by atoms with Gasteiger partial charge in [-0.25, -0.2) is 10.7 Å². The molecule has 0 spiro atoms. The number of nitrogens with one attached hydrogen (secondary N) is 2. The van der Waals surface area contributed by atoms with Crippen molar-refractivity contribution in [2.24, 2.45) is 5.84 Å². The minimum Gasteiger partial charge on any atom is -0.353 e. The molecule has 0 saturated heterocycles. The molecule has 0 aromatic carbocycles. The van der Waals surface area contributed by atoms with Crippen LogP contribution in [0.25, 0.3) is 0 Å². The highest BCUT2D eigenvalue weighted by Gasteiger charge is 2.45. The Kier molecular flexibility index (Phi) is 5.97. The molecular formula is C9H18F2N4O2. The highest BCUT2D eigenvalue weighted by molar-refractivity contribution is 5.84. The van der Waals surface area contributed by atoms with Crippen LogP contribution in [0.1, 0.15) is 20.8 Å². The summed E-state index contributed by atoms with van der Waals surface area (Å²) in [6.45, 7) is 4.10. The Labute approximate surface area is 98.5 Å². The first kappa shape index (κ1) is 15.7. The van der Waals surface area contributed by atoms with Crippen LogP contribution < -0.4 is 16.6 Å². The lowest BCUT2D eigenvalue weighted by Crippen LogP contribution is -2.57. The fourth-order valence-corrected chi connectivity index (χ4v) is 1.18. The number of hydrazine groups is 1. The van der Waals surface area contributed by atoms with Crippen molar-refractivity contribution in [3.63, 3.8) is 0 Å². The van der Waals surface area contributed by atoms with Gasteiger partial charge in [0.1, 0.15) is 0 Å². The fourth-order valence-electron chi connectivity index (χ4n) is 1.18. The monoisotopic (exact) mass is 252 g/mol. The van der Waals surface area contributed by atoms with Gasteiger partial charge in [0.2, 0.25) is 5.91 Å². The molecule has 0 aliphatic rings. The van der Waals surface area contributed by atoms with E-state index < -0.39 is 24.4 Å². The van der Waals surface area contributed by atoms with E-state index in [4.69, 9.17) is 0 Å². The summed E-state index contributed by atoms with van der Waals surface area (Å²) in [6.07, 6.45) is 0. The number of halogens is 2. The van der Waals surface area contributed by atoms with E-state index in [1.807, 2.05) is 0 Å². The molecular weight excluding hydrogens is 234 g/mol. The molecule has 0 aliphatic carbocycles. The van der Waals surface area contributed by atoms with Crippen molar-refractivity contribution < 1.29 is 18.4 Å². The van der Waals surface area contributed by atoms with E-state index in [-0.39, 0.29) is 12.6 Å². The summed E-state index contributed by atoms with van der Waals surface area (Å²) in [5.74, 6) is 2.44. The van der Waals surface area contributed by atoms with Gasteiger partial charge in [0.25, 0.3) is 0 Å². The number of nitrogens with zero attached hydrogens (tertiary/aromatic N) is 1. The standard InChI is InChI=1S/C9H18F2N4O2/c1-4-15(5-7(16)13-6(2)3)9(10,11)8(17)14-12/h6H,4-5,12H2,1-3H3,(H,13,16)(H,14,17). The molecule has 0 atom stereocenters. The molecule has 0 fully saturated rings. The van der Waals surface area contributed by atoms with Crippen molar-refractivity contribution in [3.05, 3.63) is 0 Å². The van der Waals surface area contributed by atoms with Gasteiger partial charge in [-0.15, -0.1) is 0 Å². The van der Waals surface area contributed by atoms with Gasteiger partial charge in [-0.1, -0.05) is 6.92 Å². The van der Waals surface area contributed by atoms with Crippen molar-refractivity contribution in [3.8, 4) is 0 Å². The maximum atomic E-state index is 13.4. The van der Waals surface area contributed by atoms with Crippen LogP contribution in [0.3, 0.4) is 0 Å². The van der Waals surface area contributed by atoms with Gasteiger partial charge >= 0.3 is 12.0 Å². The maximum Gasteiger partial charge on any atom is 0.385 e. The minimum absolute atomic E-state index is 0.154. The zero-order chi connectivity index (χ0) is 13.6. The molecule has 4 N–H and O–H groups in total. The minimum atomic E-state index is -3.81. The molecule has 17 heavy (non-hydrogen) atoms. The van der Waals surface area contributed by atoms with Crippen molar-refractivity contribution >= 4 is 11.8 Å². The highest BCUT2D eigenvalue weighted by Crippen LogP contribution is 2.18. The zero-order valence-electron chi connectivity index (χ0n) is 10.1. The molecule has 2 amide bonds. The van der Waals surface area contributed by atoms with Gasteiger partial charge in [-0.3, -0.25) is 15.0 Å². The van der Waals surface area contributed by atoms with E-state index >= 15 is 0 Å². The van der Waals surface area contributed by atoms with Crippen molar-refractivity contribution in [1.29, 1.82) is 0 Å². The number of hydrogen-bond donors (Lipinski definition) is 3. The van der Waals surface area contributed by atoms with Gasteiger partial charge in [0.05, 0.1) is 6.54 Å². The van der Waals surface area contributed by atoms with Gasteiger partial charge in [-0.05, 0) is 13.8 Å². The number of carbonyl (C=O) groups is 2. The molecule has 0 aliphatic heterocycles. The van der Waals surface area contributed by atoms with E-state index in [1.165, 1.54) is 12.3 Å². The molecule has 0 rings (SSSR count). The molecule has 0 heterocycles. The Hall–Kier alpha value is -1.28. The first-order chi connectivity index (χ1) is 7.75. The number of rotatable bonds is 6. The van der Waals surface area contributed by atoms with Crippen molar-refractivity contribution in [2.75, 3.05) is 13.1 Å². The van der Waals surface area contributed by atoms with E-state index in [9.17, 15) is 18.4 Å². The Morgan fingerprint density at radius 2 is 1.94 bits per heavy atom. The van der Waals surface area contributed by atoms with E-state index in [0.29, 0.717) is 4.90 Å². The lowest BCUT2D eigenvalue weighted by atomic mass is 10.3. The second-order valence-electron chi connectivity index (χ2n) is 3.75. The number of carbonyl (C=O) groups excluding carboxylic acids is 2. The van der Waals surface area contributed by atoms with Crippen LogP contribution in [0.15, 0.2) is 0 Å². The average molecular weight is 252 g/mol. The molecule has 0 saturated carbocycles. The lowest BCUT2D eigenvalue weighted by Gasteiger charge is -2.27. The van der Waals surface area contributed by atoms with Crippen molar-refractivity contribution in [1.82, 2.24) is 15.6 Å². The molecule has 0 aromatic rings. The maximum absolute atomic E-state index is 13.4. The van der Waals surface area contributed by atoms with E-state index in [0.717, 1.165) is 0 Å². The topological polar surface area (TPSA) is 87.5 Å². The molecule has 0 radical (unpaired) electrons. The van der Waals surface area contributed by atoms with Crippen LogP contribution in [0.2, 0.25) is 0 Å². The first-order valence-electron chi connectivity index (χ1n) is 5.18. The molecule has 0 aromatic heterocycles. The predicted molar refractivity (Wildman–Crippen MR) is 57.8 cm³/mol. The average Bonchev–Trinajstić information content (AvgIpc) is 2.23. The lowest BCUT2D eigenvalue weighted by molar-refractivity contribution is -0.179. The smallest absolute Gasteiger partial charge is 0.353 e. The van der Waals surface area contributed by atoms with Crippen LogP contribution in [0.5, 0.6) is 0 Å². The predicted octanol–water partition coefficient (Wildman–Crippen LogP) is -0.584. The second kappa shape index (κ2) is 6.45. The molecule has 0 bridgehead atoms. The first-order valence-corrected chi connectivity index (χ1v) is 5.18. The highest BCUT2D eigenvalue weighted by atomic mass is 19.3. The van der Waals surface area contributed by atoms with Gasteiger partial charge < -0.3 is 5.32 Å².